The van der Waals surface area contributed by atoms with Crippen LogP contribution in [0.5, 0.6) is 0 Å². The Balaban J connectivity index is 4.09. The van der Waals surface area contributed by atoms with E-state index in [0.29, 0.717) is 6.61 Å². The van der Waals surface area contributed by atoms with Crippen molar-refractivity contribution >= 4 is 0 Å². The number of allylic oxidation sites excluding steroid dienone is 2. The fourth-order valence-corrected chi connectivity index (χ4v) is 0.561. The van der Waals surface area contributed by atoms with Crippen molar-refractivity contribution in [2.75, 3.05) is 6.61 Å². The van der Waals surface area contributed by atoms with Crippen molar-refractivity contribution in [2.45, 2.75) is 27.7 Å². The molecule has 0 rings (SSSR count). The highest BCUT2D eigenvalue weighted by Crippen LogP contribution is 2.12. The van der Waals surface area contributed by atoms with Gasteiger partial charge in [0.25, 0.3) is 0 Å². The largest absolute Gasteiger partial charge is 0.494 e. The highest BCUT2D eigenvalue weighted by Gasteiger charge is 1.96. The highest BCUT2D eigenvalue weighted by molar-refractivity contribution is 5.24. The van der Waals surface area contributed by atoms with E-state index >= 15 is 0 Å². The second-order valence-electron chi connectivity index (χ2n) is 2.48. The first-order valence-electron chi connectivity index (χ1n) is 3.55. The molecule has 58 valence electrons. The Labute approximate surface area is 63.4 Å². The molecule has 0 amide bonds. The summed E-state index contributed by atoms with van der Waals surface area (Å²) in [6.45, 7) is 12.6. The molecule has 0 aliphatic heterocycles. The van der Waals surface area contributed by atoms with Crippen LogP contribution in [0.2, 0.25) is 0 Å². The third-order valence-corrected chi connectivity index (χ3v) is 1.49. The van der Waals surface area contributed by atoms with Crippen molar-refractivity contribution < 1.29 is 4.74 Å². The number of rotatable bonds is 3. The average molecular weight is 140 g/mol. The molecule has 1 nitrogen and oxygen atoms in total. The molecule has 0 bridgehead atoms. The van der Waals surface area contributed by atoms with Crippen LogP contribution in [0.3, 0.4) is 0 Å². The zero-order chi connectivity index (χ0) is 8.15. The highest BCUT2D eigenvalue weighted by atomic mass is 16.5. The van der Waals surface area contributed by atoms with Crippen molar-refractivity contribution in [3.05, 3.63) is 23.5 Å². The molecule has 0 spiro atoms. The van der Waals surface area contributed by atoms with Crippen LogP contribution < -0.4 is 0 Å². The molecule has 0 N–H and O–H groups in total. The molecule has 10 heavy (non-hydrogen) atoms. The van der Waals surface area contributed by atoms with Crippen molar-refractivity contribution in [1.29, 1.82) is 0 Å². The Kier molecular flexibility index (Phi) is 3.85. The van der Waals surface area contributed by atoms with Gasteiger partial charge in [-0.05, 0) is 33.3 Å². The summed E-state index contributed by atoms with van der Waals surface area (Å²) in [4.78, 5) is 0. The maximum atomic E-state index is 5.21. The van der Waals surface area contributed by atoms with Gasteiger partial charge in [-0.2, -0.15) is 0 Å². The van der Waals surface area contributed by atoms with Crippen LogP contribution in [0, 0.1) is 0 Å². The van der Waals surface area contributed by atoms with Gasteiger partial charge in [-0.1, -0.05) is 12.2 Å². The number of hydrogen-bond donors (Lipinski definition) is 0. The molecule has 0 unspecified atom stereocenters. The van der Waals surface area contributed by atoms with Gasteiger partial charge in [-0.15, -0.1) is 0 Å². The van der Waals surface area contributed by atoms with Crippen LogP contribution >= 0.6 is 0 Å². The van der Waals surface area contributed by atoms with Gasteiger partial charge in [-0.3, -0.25) is 0 Å². The van der Waals surface area contributed by atoms with Gasteiger partial charge in [0.1, 0.15) is 5.76 Å². The van der Waals surface area contributed by atoms with Gasteiger partial charge in [0.15, 0.2) is 0 Å². The Morgan fingerprint density at radius 2 is 1.80 bits per heavy atom. The molecule has 0 atom stereocenters. The molecule has 0 aromatic carbocycles. The van der Waals surface area contributed by atoms with E-state index in [9.17, 15) is 0 Å². The maximum Gasteiger partial charge on any atom is 0.114 e. The van der Waals surface area contributed by atoms with Crippen molar-refractivity contribution in [2.24, 2.45) is 0 Å². The predicted octanol–water partition coefficient (Wildman–Crippen LogP) is 2.89. The van der Waals surface area contributed by atoms with Crippen LogP contribution in [0.25, 0.3) is 0 Å². The zero-order valence-electron chi connectivity index (χ0n) is 7.32. The first-order valence-corrected chi connectivity index (χ1v) is 3.55. The summed E-state index contributed by atoms with van der Waals surface area (Å²) in [5.41, 5.74) is 2.42. The molecule has 0 aliphatic rings. The minimum atomic E-state index is 0.698. The smallest absolute Gasteiger partial charge is 0.114 e. The predicted molar refractivity (Wildman–Crippen MR) is 44.8 cm³/mol. The van der Waals surface area contributed by atoms with Crippen LogP contribution in [-0.2, 0) is 4.74 Å². The number of hydrogen-bond acceptors (Lipinski definition) is 1. The standard InChI is InChI=1S/C9H16O/c1-6-10-9(5)8(4)7(2)3/h5-6H2,1-4H3. The average Bonchev–Trinajstić information content (AvgIpc) is 1.87. The quantitative estimate of drug-likeness (QED) is 0.432. The van der Waals surface area contributed by atoms with Gasteiger partial charge >= 0.3 is 0 Å². The molecule has 0 fully saturated rings. The Hall–Kier alpha value is -0.720. The van der Waals surface area contributed by atoms with E-state index in [-0.39, 0.29) is 0 Å². The summed E-state index contributed by atoms with van der Waals surface area (Å²) in [5, 5.41) is 0. The van der Waals surface area contributed by atoms with Gasteiger partial charge in [0.05, 0.1) is 6.61 Å². The van der Waals surface area contributed by atoms with Crippen molar-refractivity contribution in [3.63, 3.8) is 0 Å². The fourth-order valence-electron chi connectivity index (χ4n) is 0.561. The van der Waals surface area contributed by atoms with E-state index in [4.69, 9.17) is 4.74 Å². The summed E-state index contributed by atoms with van der Waals surface area (Å²) >= 11 is 0. The van der Waals surface area contributed by atoms with Crippen LogP contribution in [0.4, 0.5) is 0 Å². The summed E-state index contributed by atoms with van der Waals surface area (Å²) in [6.07, 6.45) is 0. The summed E-state index contributed by atoms with van der Waals surface area (Å²) in [7, 11) is 0. The van der Waals surface area contributed by atoms with Gasteiger partial charge in [0.2, 0.25) is 0 Å². The molecule has 1 heteroatoms. The second kappa shape index (κ2) is 4.15. The maximum absolute atomic E-state index is 5.21. The van der Waals surface area contributed by atoms with Gasteiger partial charge < -0.3 is 4.74 Å². The summed E-state index contributed by atoms with van der Waals surface area (Å²) in [6, 6.07) is 0. The first-order chi connectivity index (χ1) is 4.59. The van der Waals surface area contributed by atoms with Crippen molar-refractivity contribution in [1.82, 2.24) is 0 Å². The molecule has 0 aromatic rings. The van der Waals surface area contributed by atoms with E-state index in [0.717, 1.165) is 11.3 Å². The minimum Gasteiger partial charge on any atom is -0.494 e. The minimum absolute atomic E-state index is 0.698. The lowest BCUT2D eigenvalue weighted by atomic mass is 10.1. The third kappa shape index (κ3) is 2.72. The molecule has 0 aromatic heterocycles. The lowest BCUT2D eigenvalue weighted by Gasteiger charge is -2.07. The Morgan fingerprint density at radius 3 is 2.10 bits per heavy atom. The van der Waals surface area contributed by atoms with E-state index in [1.807, 2.05) is 13.8 Å². The monoisotopic (exact) mass is 140 g/mol. The molecule has 0 aliphatic carbocycles. The van der Waals surface area contributed by atoms with E-state index in [1.165, 1.54) is 5.57 Å². The second-order valence-corrected chi connectivity index (χ2v) is 2.48. The first kappa shape index (κ1) is 9.28. The van der Waals surface area contributed by atoms with E-state index in [2.05, 4.69) is 20.4 Å². The Morgan fingerprint density at radius 1 is 1.30 bits per heavy atom. The SMILES string of the molecule is C=C(OCC)C(C)=C(C)C. The molecule has 0 radical (unpaired) electrons. The van der Waals surface area contributed by atoms with Crippen LogP contribution in [0.15, 0.2) is 23.5 Å². The molecular formula is C9H16O. The van der Waals surface area contributed by atoms with Gasteiger partial charge in [0, 0.05) is 0 Å². The van der Waals surface area contributed by atoms with Crippen LogP contribution in [0.1, 0.15) is 27.7 Å². The van der Waals surface area contributed by atoms with E-state index in [1.54, 1.807) is 0 Å². The molecular weight excluding hydrogens is 124 g/mol. The van der Waals surface area contributed by atoms with Crippen molar-refractivity contribution in [3.8, 4) is 0 Å². The summed E-state index contributed by atoms with van der Waals surface area (Å²) < 4.78 is 5.21. The molecule has 0 saturated carbocycles. The summed E-state index contributed by atoms with van der Waals surface area (Å²) in [5.74, 6) is 0.794. The normalized spacial score (nSPS) is 8.80. The fraction of sp³-hybridized carbons (Fsp3) is 0.556. The van der Waals surface area contributed by atoms with Gasteiger partial charge in [-0.25, -0.2) is 0 Å². The Bertz CT molecular complexity index is 150. The lowest BCUT2D eigenvalue weighted by Crippen LogP contribution is -1.92. The molecule has 0 heterocycles. The third-order valence-electron chi connectivity index (χ3n) is 1.49. The lowest BCUT2D eigenvalue weighted by molar-refractivity contribution is 0.239. The zero-order valence-corrected chi connectivity index (χ0v) is 7.32. The number of ether oxygens (including phenoxy) is 1. The van der Waals surface area contributed by atoms with Crippen LogP contribution in [-0.4, -0.2) is 6.61 Å². The van der Waals surface area contributed by atoms with E-state index < -0.39 is 0 Å². The topological polar surface area (TPSA) is 9.23 Å². The molecule has 0 saturated heterocycles.